The Morgan fingerprint density at radius 2 is 2.10 bits per heavy atom. The van der Waals surface area contributed by atoms with Gasteiger partial charge in [-0.25, -0.2) is 0 Å². The molecule has 120 valence electrons. The lowest BCUT2D eigenvalue weighted by molar-refractivity contribution is 0.195. The summed E-state index contributed by atoms with van der Waals surface area (Å²) in [6.07, 6.45) is 7.94. The first kappa shape index (κ1) is 17.9. The third-order valence-electron chi connectivity index (χ3n) is 4.70. The van der Waals surface area contributed by atoms with Crippen LogP contribution in [-0.4, -0.2) is 61.7 Å². The van der Waals surface area contributed by atoms with E-state index in [2.05, 4.69) is 42.9 Å². The van der Waals surface area contributed by atoms with Gasteiger partial charge in [0.2, 0.25) is 0 Å². The van der Waals surface area contributed by atoms with Crippen molar-refractivity contribution in [1.82, 2.24) is 15.1 Å². The Kier molecular flexibility index (Phi) is 9.49. The van der Waals surface area contributed by atoms with Gasteiger partial charge in [0.05, 0.1) is 0 Å². The Bertz CT molecular complexity index is 232. The van der Waals surface area contributed by atoms with Crippen LogP contribution in [-0.2, 0) is 0 Å². The fraction of sp³-hybridized carbons (Fsp3) is 1.00. The highest BCUT2D eigenvalue weighted by atomic mass is 15.2. The van der Waals surface area contributed by atoms with Crippen molar-refractivity contribution in [2.24, 2.45) is 0 Å². The molecule has 1 aliphatic rings. The summed E-state index contributed by atoms with van der Waals surface area (Å²) in [6.45, 7) is 13.0. The molecule has 0 aromatic rings. The van der Waals surface area contributed by atoms with Gasteiger partial charge in [0.1, 0.15) is 0 Å². The first-order chi connectivity index (χ1) is 9.71. The molecule has 2 atom stereocenters. The number of hydrogen-bond donors (Lipinski definition) is 1. The Morgan fingerprint density at radius 1 is 1.30 bits per heavy atom. The summed E-state index contributed by atoms with van der Waals surface area (Å²) in [7, 11) is 2.30. The molecule has 0 aliphatic carbocycles. The van der Waals surface area contributed by atoms with Crippen LogP contribution in [0.25, 0.3) is 0 Å². The molecule has 1 heterocycles. The number of hydrogen-bond acceptors (Lipinski definition) is 3. The molecular formula is C17H37N3. The molecule has 0 aromatic carbocycles. The van der Waals surface area contributed by atoms with Crippen LogP contribution in [0.15, 0.2) is 0 Å². The average Bonchev–Trinajstić information content (AvgIpc) is 2.89. The molecule has 20 heavy (non-hydrogen) atoms. The van der Waals surface area contributed by atoms with Gasteiger partial charge in [-0.3, -0.25) is 4.90 Å². The average molecular weight is 284 g/mol. The summed E-state index contributed by atoms with van der Waals surface area (Å²) in [4.78, 5) is 5.19. The molecule has 1 N–H and O–H groups in total. The zero-order chi connectivity index (χ0) is 14.8. The number of nitrogens with zero attached hydrogens (tertiary/aromatic N) is 2. The number of nitrogens with one attached hydrogen (secondary N) is 1. The van der Waals surface area contributed by atoms with E-state index in [-0.39, 0.29) is 0 Å². The lowest BCUT2D eigenvalue weighted by Crippen LogP contribution is -2.39. The summed E-state index contributed by atoms with van der Waals surface area (Å²) in [5.41, 5.74) is 0. The van der Waals surface area contributed by atoms with Crippen molar-refractivity contribution in [3.63, 3.8) is 0 Å². The minimum absolute atomic E-state index is 0.724. The lowest BCUT2D eigenvalue weighted by atomic mass is 10.1. The van der Waals surface area contributed by atoms with Gasteiger partial charge in [0.25, 0.3) is 0 Å². The monoisotopic (exact) mass is 283 g/mol. The zero-order valence-corrected chi connectivity index (χ0v) is 14.3. The van der Waals surface area contributed by atoms with E-state index in [0.29, 0.717) is 0 Å². The minimum atomic E-state index is 0.724. The normalized spacial score (nSPS) is 21.8. The van der Waals surface area contributed by atoms with E-state index in [4.69, 9.17) is 0 Å². The van der Waals surface area contributed by atoms with E-state index >= 15 is 0 Å². The summed E-state index contributed by atoms with van der Waals surface area (Å²) in [5, 5.41) is 3.66. The Balaban J connectivity index is 2.14. The SMILES string of the molecule is CCCNC(CC)CCCN(C)CC1CCCN1CC. The van der Waals surface area contributed by atoms with E-state index in [1.807, 2.05) is 0 Å². The minimum Gasteiger partial charge on any atom is -0.314 e. The van der Waals surface area contributed by atoms with Gasteiger partial charge in [0, 0.05) is 18.6 Å². The predicted molar refractivity (Wildman–Crippen MR) is 89.4 cm³/mol. The van der Waals surface area contributed by atoms with Gasteiger partial charge < -0.3 is 10.2 Å². The summed E-state index contributed by atoms with van der Waals surface area (Å²) in [5.74, 6) is 0. The maximum atomic E-state index is 3.66. The van der Waals surface area contributed by atoms with Crippen molar-refractivity contribution in [2.75, 3.05) is 39.8 Å². The molecular weight excluding hydrogens is 246 g/mol. The molecule has 3 nitrogen and oxygen atoms in total. The Morgan fingerprint density at radius 3 is 2.75 bits per heavy atom. The van der Waals surface area contributed by atoms with Gasteiger partial charge in [-0.15, -0.1) is 0 Å². The largest absolute Gasteiger partial charge is 0.314 e. The summed E-state index contributed by atoms with van der Waals surface area (Å²) in [6, 6.07) is 1.53. The molecule has 3 heteroatoms. The van der Waals surface area contributed by atoms with E-state index in [1.54, 1.807) is 0 Å². The number of likely N-dealkylation sites (N-methyl/N-ethyl adjacent to an activating group) is 2. The maximum Gasteiger partial charge on any atom is 0.0223 e. The molecule has 0 spiro atoms. The fourth-order valence-electron chi connectivity index (χ4n) is 3.38. The van der Waals surface area contributed by atoms with Crippen molar-refractivity contribution in [3.05, 3.63) is 0 Å². The molecule has 2 unspecified atom stereocenters. The van der Waals surface area contributed by atoms with E-state index < -0.39 is 0 Å². The molecule has 1 fully saturated rings. The highest BCUT2D eigenvalue weighted by Crippen LogP contribution is 2.17. The van der Waals surface area contributed by atoms with Crippen molar-refractivity contribution >= 4 is 0 Å². The third kappa shape index (κ3) is 6.55. The number of rotatable bonds is 11. The van der Waals surface area contributed by atoms with Crippen LogP contribution in [0.5, 0.6) is 0 Å². The van der Waals surface area contributed by atoms with Gasteiger partial charge >= 0.3 is 0 Å². The van der Waals surface area contributed by atoms with Crippen LogP contribution in [0, 0.1) is 0 Å². The van der Waals surface area contributed by atoms with Gasteiger partial charge in [-0.2, -0.15) is 0 Å². The van der Waals surface area contributed by atoms with Crippen LogP contribution in [0.3, 0.4) is 0 Å². The van der Waals surface area contributed by atoms with Crippen molar-refractivity contribution in [3.8, 4) is 0 Å². The Labute approximate surface area is 127 Å². The van der Waals surface area contributed by atoms with Crippen LogP contribution in [0.1, 0.15) is 59.3 Å². The van der Waals surface area contributed by atoms with Crippen molar-refractivity contribution in [2.45, 2.75) is 71.4 Å². The molecule has 1 rings (SSSR count). The fourth-order valence-corrected chi connectivity index (χ4v) is 3.38. The smallest absolute Gasteiger partial charge is 0.0223 e. The molecule has 0 aromatic heterocycles. The van der Waals surface area contributed by atoms with Crippen LogP contribution in [0.4, 0.5) is 0 Å². The van der Waals surface area contributed by atoms with Crippen LogP contribution < -0.4 is 5.32 Å². The molecule has 1 aliphatic heterocycles. The van der Waals surface area contributed by atoms with Crippen molar-refractivity contribution in [1.29, 1.82) is 0 Å². The second kappa shape index (κ2) is 10.6. The van der Waals surface area contributed by atoms with Gasteiger partial charge in [0.15, 0.2) is 0 Å². The molecule has 0 radical (unpaired) electrons. The third-order valence-corrected chi connectivity index (χ3v) is 4.70. The second-order valence-electron chi connectivity index (χ2n) is 6.39. The van der Waals surface area contributed by atoms with Crippen LogP contribution in [0.2, 0.25) is 0 Å². The zero-order valence-electron chi connectivity index (χ0n) is 14.3. The van der Waals surface area contributed by atoms with E-state index in [0.717, 1.165) is 12.1 Å². The van der Waals surface area contributed by atoms with E-state index in [1.165, 1.54) is 71.2 Å². The molecule has 1 saturated heterocycles. The highest BCUT2D eigenvalue weighted by molar-refractivity contribution is 4.80. The van der Waals surface area contributed by atoms with Crippen molar-refractivity contribution < 1.29 is 0 Å². The standard InChI is InChI=1S/C17H37N3/c1-5-12-18-16(6-2)10-8-13-19(4)15-17-11-9-14-20(17)7-3/h16-18H,5-15H2,1-4H3. The Hall–Kier alpha value is -0.120. The predicted octanol–water partition coefficient (Wildman–Crippen LogP) is 2.96. The summed E-state index contributed by atoms with van der Waals surface area (Å²) < 4.78 is 0. The molecule has 0 saturated carbocycles. The lowest BCUT2D eigenvalue weighted by Gasteiger charge is -2.28. The molecule has 0 amide bonds. The second-order valence-corrected chi connectivity index (χ2v) is 6.39. The summed E-state index contributed by atoms with van der Waals surface area (Å²) >= 11 is 0. The maximum absolute atomic E-state index is 3.66. The number of likely N-dealkylation sites (tertiary alicyclic amines) is 1. The topological polar surface area (TPSA) is 18.5 Å². The van der Waals surface area contributed by atoms with Crippen LogP contribution >= 0.6 is 0 Å². The first-order valence-corrected chi connectivity index (χ1v) is 8.87. The van der Waals surface area contributed by atoms with Gasteiger partial charge in [-0.1, -0.05) is 20.8 Å². The van der Waals surface area contributed by atoms with Gasteiger partial charge in [-0.05, 0) is 71.8 Å². The highest BCUT2D eigenvalue weighted by Gasteiger charge is 2.23. The molecule has 0 bridgehead atoms. The quantitative estimate of drug-likeness (QED) is 0.629. The van der Waals surface area contributed by atoms with E-state index in [9.17, 15) is 0 Å². The first-order valence-electron chi connectivity index (χ1n) is 8.87.